The van der Waals surface area contributed by atoms with Crippen LogP contribution in [-0.2, 0) is 13.1 Å². The van der Waals surface area contributed by atoms with Gasteiger partial charge in [-0.1, -0.05) is 36.7 Å². The number of hydrogen-bond acceptors (Lipinski definition) is 4. The summed E-state index contributed by atoms with van der Waals surface area (Å²) in [5.41, 5.74) is 0.331. The Balaban J connectivity index is 1.88. The molecule has 0 bridgehead atoms. The van der Waals surface area contributed by atoms with Crippen LogP contribution in [0, 0.1) is 5.21 Å². The lowest BCUT2D eigenvalue weighted by Crippen LogP contribution is -2.46. The van der Waals surface area contributed by atoms with Crippen molar-refractivity contribution >= 4 is 11.0 Å². The summed E-state index contributed by atoms with van der Waals surface area (Å²) in [6, 6.07) is 7.28. The number of nitrogens with zero attached hydrogens (tertiary/aromatic N) is 4. The molecule has 1 aliphatic rings. The molecule has 0 amide bonds. The number of rotatable bonds is 6. The number of methoxy groups -OCH3 is 1. The Bertz CT molecular complexity index is 1130. The van der Waals surface area contributed by atoms with Crippen molar-refractivity contribution in [2.45, 2.75) is 58.2 Å². The van der Waals surface area contributed by atoms with E-state index in [2.05, 4.69) is 0 Å². The predicted octanol–water partition coefficient (Wildman–Crippen LogP) is 2.18. The number of ether oxygens (including phenoxy) is 1. The maximum atomic E-state index is 13.2. The summed E-state index contributed by atoms with van der Waals surface area (Å²) >= 11 is 0. The SMILES string of the molecule is CCCn1c(=O)n(Cc2ccc(OC)cc2)c(=O)c2c1cn(C1CCCC1)[n+]2[O-]. The van der Waals surface area contributed by atoms with Crippen LogP contribution in [0.1, 0.15) is 50.6 Å². The average molecular weight is 398 g/mol. The van der Waals surface area contributed by atoms with Gasteiger partial charge in [-0.05, 0) is 37.0 Å². The second kappa shape index (κ2) is 7.77. The zero-order chi connectivity index (χ0) is 20.5. The third kappa shape index (κ3) is 3.32. The number of aryl methyl sites for hydroxylation is 1. The van der Waals surface area contributed by atoms with E-state index in [-0.39, 0.29) is 23.8 Å². The first-order chi connectivity index (χ1) is 14.0. The summed E-state index contributed by atoms with van der Waals surface area (Å²) < 4.78 is 9.48. The van der Waals surface area contributed by atoms with Crippen LogP contribution in [0.15, 0.2) is 40.1 Å². The summed E-state index contributed by atoms with van der Waals surface area (Å²) in [5, 5.41) is 13.0. The minimum absolute atomic E-state index is 0.0402. The van der Waals surface area contributed by atoms with Crippen LogP contribution in [-0.4, -0.2) is 20.9 Å². The quantitative estimate of drug-likeness (QED) is 0.471. The molecule has 0 radical (unpaired) electrons. The Labute approximate surface area is 168 Å². The molecule has 3 aromatic rings. The van der Waals surface area contributed by atoms with E-state index in [0.29, 0.717) is 22.7 Å². The van der Waals surface area contributed by atoms with E-state index in [9.17, 15) is 14.8 Å². The molecule has 1 fully saturated rings. The molecule has 29 heavy (non-hydrogen) atoms. The van der Waals surface area contributed by atoms with Crippen LogP contribution >= 0.6 is 0 Å². The third-order valence-electron chi connectivity index (χ3n) is 5.74. The monoisotopic (exact) mass is 398 g/mol. The highest BCUT2D eigenvalue weighted by molar-refractivity contribution is 5.69. The third-order valence-corrected chi connectivity index (χ3v) is 5.74. The molecule has 2 heterocycles. The summed E-state index contributed by atoms with van der Waals surface area (Å²) in [7, 11) is 1.58. The van der Waals surface area contributed by atoms with Gasteiger partial charge in [0.05, 0.1) is 25.9 Å². The molecule has 0 atom stereocenters. The van der Waals surface area contributed by atoms with Gasteiger partial charge in [0.2, 0.25) is 0 Å². The fourth-order valence-corrected chi connectivity index (χ4v) is 4.22. The van der Waals surface area contributed by atoms with E-state index < -0.39 is 5.56 Å². The highest BCUT2D eigenvalue weighted by Crippen LogP contribution is 2.29. The molecule has 1 saturated carbocycles. The Morgan fingerprint density at radius 3 is 2.45 bits per heavy atom. The molecule has 0 unspecified atom stereocenters. The molecule has 2 aromatic heterocycles. The number of hydrogen-bond donors (Lipinski definition) is 0. The van der Waals surface area contributed by atoms with E-state index in [0.717, 1.165) is 42.2 Å². The molecule has 1 aliphatic carbocycles. The molecule has 8 nitrogen and oxygen atoms in total. The standard InChI is InChI=1S/C21H26N4O4/c1-3-12-22-18-14-24(16-6-4-5-7-16)25(28)19(18)20(26)23(21(22)27)13-15-8-10-17(29-2)11-9-15/h8-11,14,16H,3-7,12-13H2,1-2H3. The van der Waals surface area contributed by atoms with Crippen LogP contribution in [0.25, 0.3) is 11.0 Å². The summed E-state index contributed by atoms with van der Waals surface area (Å²) in [5.74, 6) is 0.700. The topological polar surface area (TPSA) is 85.1 Å². The number of fused-ring (bicyclic) bond motifs is 1. The average Bonchev–Trinajstić information content (AvgIpc) is 3.37. The molecule has 4 rings (SSSR count). The van der Waals surface area contributed by atoms with Crippen molar-refractivity contribution in [3.05, 3.63) is 62.1 Å². The maximum absolute atomic E-state index is 13.2. The van der Waals surface area contributed by atoms with Crippen molar-refractivity contribution in [3.63, 3.8) is 0 Å². The Morgan fingerprint density at radius 2 is 1.83 bits per heavy atom. The zero-order valence-electron chi connectivity index (χ0n) is 16.8. The van der Waals surface area contributed by atoms with Gasteiger partial charge in [-0.15, -0.1) is 4.68 Å². The molecule has 0 saturated heterocycles. The minimum Gasteiger partial charge on any atom is -0.595 e. The fraction of sp³-hybridized carbons (Fsp3) is 0.476. The van der Waals surface area contributed by atoms with Crippen molar-refractivity contribution in [2.24, 2.45) is 0 Å². The van der Waals surface area contributed by atoms with Crippen molar-refractivity contribution < 1.29 is 9.58 Å². The molecule has 0 N–H and O–H groups in total. The van der Waals surface area contributed by atoms with E-state index in [1.165, 1.54) is 0 Å². The van der Waals surface area contributed by atoms with E-state index in [1.807, 2.05) is 19.1 Å². The second-order valence-corrected chi connectivity index (χ2v) is 7.63. The van der Waals surface area contributed by atoms with Crippen molar-refractivity contribution in [1.29, 1.82) is 0 Å². The smallest absolute Gasteiger partial charge is 0.333 e. The van der Waals surface area contributed by atoms with Gasteiger partial charge in [0.15, 0.2) is 0 Å². The molecule has 8 heteroatoms. The number of benzene rings is 1. The van der Waals surface area contributed by atoms with E-state index >= 15 is 0 Å². The molecular weight excluding hydrogens is 372 g/mol. The predicted molar refractivity (Wildman–Crippen MR) is 109 cm³/mol. The van der Waals surface area contributed by atoms with E-state index in [4.69, 9.17) is 4.74 Å². The Kier molecular flexibility index (Phi) is 5.17. The summed E-state index contributed by atoms with van der Waals surface area (Å²) in [6.45, 7) is 2.53. The van der Waals surface area contributed by atoms with Crippen molar-refractivity contribution in [2.75, 3.05) is 7.11 Å². The van der Waals surface area contributed by atoms with Crippen molar-refractivity contribution in [1.82, 2.24) is 13.8 Å². The van der Waals surface area contributed by atoms with Crippen LogP contribution in [0.4, 0.5) is 0 Å². The first-order valence-electron chi connectivity index (χ1n) is 10.2. The van der Waals surface area contributed by atoms with Gasteiger partial charge in [0.1, 0.15) is 11.3 Å². The second-order valence-electron chi connectivity index (χ2n) is 7.63. The first kappa shape index (κ1) is 19.3. The summed E-state index contributed by atoms with van der Waals surface area (Å²) in [6.07, 6.45) is 6.39. The molecular formula is C21H26N4O4. The van der Waals surface area contributed by atoms with Crippen LogP contribution < -0.4 is 20.8 Å². The van der Waals surface area contributed by atoms with Gasteiger partial charge in [0.25, 0.3) is 0 Å². The highest BCUT2D eigenvalue weighted by atomic mass is 16.5. The lowest BCUT2D eigenvalue weighted by atomic mass is 10.2. The molecule has 1 aromatic carbocycles. The molecule has 154 valence electrons. The molecule has 0 aliphatic heterocycles. The Morgan fingerprint density at radius 1 is 1.14 bits per heavy atom. The van der Waals surface area contributed by atoms with Gasteiger partial charge in [-0.25, -0.2) is 9.36 Å². The van der Waals surface area contributed by atoms with Crippen molar-refractivity contribution in [3.8, 4) is 5.75 Å². The minimum atomic E-state index is -0.542. The van der Waals surface area contributed by atoms with Gasteiger partial charge in [0, 0.05) is 6.54 Å². The van der Waals surface area contributed by atoms with Crippen LogP contribution in [0.3, 0.4) is 0 Å². The highest BCUT2D eigenvalue weighted by Gasteiger charge is 2.29. The van der Waals surface area contributed by atoms with Crippen LogP contribution in [0.2, 0.25) is 0 Å². The lowest BCUT2D eigenvalue weighted by Gasteiger charge is -2.10. The Hall–Kier alpha value is -3.03. The molecule has 0 spiro atoms. The fourth-order valence-electron chi connectivity index (χ4n) is 4.22. The van der Waals surface area contributed by atoms with Gasteiger partial charge >= 0.3 is 16.8 Å². The normalized spacial score (nSPS) is 14.7. The van der Waals surface area contributed by atoms with E-state index in [1.54, 1.807) is 34.7 Å². The van der Waals surface area contributed by atoms with Gasteiger partial charge in [-0.2, -0.15) is 0 Å². The summed E-state index contributed by atoms with van der Waals surface area (Å²) in [4.78, 5) is 27.0. The van der Waals surface area contributed by atoms with Crippen LogP contribution in [0.5, 0.6) is 5.75 Å². The lowest BCUT2D eigenvalue weighted by molar-refractivity contribution is -0.674. The number of aromatic nitrogens is 4. The zero-order valence-corrected chi connectivity index (χ0v) is 16.8. The maximum Gasteiger partial charge on any atom is 0.333 e. The van der Waals surface area contributed by atoms with Gasteiger partial charge < -0.3 is 9.94 Å². The largest absolute Gasteiger partial charge is 0.595 e. The first-order valence-corrected chi connectivity index (χ1v) is 10.2. The van der Waals surface area contributed by atoms with Gasteiger partial charge in [-0.3, -0.25) is 9.36 Å².